The zero-order valence-electron chi connectivity index (χ0n) is 11.6. The summed E-state index contributed by atoms with van der Waals surface area (Å²) < 4.78 is 23.3. The molecule has 2 aliphatic rings. The minimum atomic E-state index is -3.21. The van der Waals surface area contributed by atoms with Crippen LogP contribution in [0.15, 0.2) is 29.7 Å². The Kier molecular flexibility index (Phi) is 3.58. The van der Waals surface area contributed by atoms with Crippen LogP contribution in [-0.2, 0) is 14.6 Å². The largest absolute Gasteiger partial charge is 0.304 e. The smallest absolute Gasteiger partial charge is 0.230 e. The third-order valence-electron chi connectivity index (χ3n) is 3.84. The van der Waals surface area contributed by atoms with Crippen molar-refractivity contribution < 1.29 is 13.2 Å². The molecular weight excluding hydrogens is 310 g/mol. The van der Waals surface area contributed by atoms with E-state index in [4.69, 9.17) is 11.6 Å². The number of hydrogen-bond acceptors (Lipinski definition) is 3. The topological polar surface area (TPSA) is 54.5 Å². The van der Waals surface area contributed by atoms with Crippen LogP contribution in [0.5, 0.6) is 0 Å². The molecule has 3 rings (SSSR count). The first kappa shape index (κ1) is 14.6. The number of halogens is 1. The van der Waals surface area contributed by atoms with Gasteiger partial charge in [0.1, 0.15) is 0 Å². The van der Waals surface area contributed by atoms with E-state index in [0.717, 1.165) is 18.4 Å². The summed E-state index contributed by atoms with van der Waals surface area (Å²) in [5.74, 6) is -0.0554. The van der Waals surface area contributed by atoms with Crippen molar-refractivity contribution in [2.45, 2.75) is 25.8 Å². The van der Waals surface area contributed by atoms with Crippen LogP contribution in [0.2, 0.25) is 5.02 Å². The number of benzene rings is 1. The molecule has 112 valence electrons. The maximum Gasteiger partial charge on any atom is 0.230 e. The Balaban J connectivity index is 1.98. The SMILES string of the molecule is Cc1ccc(N(C(=O)C2CC2)[C@H]2C=CS(=O)(=O)C2)cc1Cl. The minimum Gasteiger partial charge on any atom is -0.304 e. The van der Waals surface area contributed by atoms with Gasteiger partial charge in [0, 0.05) is 22.0 Å². The number of aryl methyl sites for hydroxylation is 1. The number of nitrogens with zero attached hydrogens (tertiary/aromatic N) is 1. The van der Waals surface area contributed by atoms with Crippen LogP contribution >= 0.6 is 11.6 Å². The number of carbonyl (C=O) groups is 1. The van der Waals surface area contributed by atoms with Crippen LogP contribution < -0.4 is 4.90 Å². The van der Waals surface area contributed by atoms with Gasteiger partial charge in [-0.25, -0.2) is 8.42 Å². The maximum absolute atomic E-state index is 12.6. The molecule has 0 radical (unpaired) electrons. The maximum atomic E-state index is 12.6. The van der Waals surface area contributed by atoms with Crippen LogP contribution in [0.4, 0.5) is 5.69 Å². The van der Waals surface area contributed by atoms with Crippen LogP contribution in [0.25, 0.3) is 0 Å². The molecule has 1 fully saturated rings. The average molecular weight is 326 g/mol. The van der Waals surface area contributed by atoms with Crippen LogP contribution in [0.3, 0.4) is 0 Å². The molecule has 0 saturated heterocycles. The van der Waals surface area contributed by atoms with Gasteiger partial charge >= 0.3 is 0 Å². The van der Waals surface area contributed by atoms with Gasteiger partial charge in [-0.2, -0.15) is 0 Å². The number of sulfone groups is 1. The first-order chi connectivity index (χ1) is 9.87. The predicted octanol–water partition coefficient (Wildman–Crippen LogP) is 2.70. The minimum absolute atomic E-state index is 0.0123. The second kappa shape index (κ2) is 5.14. The van der Waals surface area contributed by atoms with Gasteiger partial charge in [-0.3, -0.25) is 4.79 Å². The number of amides is 1. The van der Waals surface area contributed by atoms with E-state index in [1.807, 2.05) is 19.1 Å². The first-order valence-corrected chi connectivity index (χ1v) is 8.97. The number of hydrogen-bond donors (Lipinski definition) is 0. The van der Waals surface area contributed by atoms with Crippen molar-refractivity contribution in [2.24, 2.45) is 5.92 Å². The Morgan fingerprint density at radius 3 is 2.57 bits per heavy atom. The van der Waals surface area contributed by atoms with Gasteiger partial charge in [0.25, 0.3) is 0 Å². The third-order valence-corrected chi connectivity index (χ3v) is 5.63. The Hall–Kier alpha value is -1.33. The molecule has 1 atom stereocenters. The average Bonchev–Trinajstić information content (AvgIpc) is 3.19. The standard InChI is InChI=1S/C15H16ClNO3S/c1-10-2-5-12(8-14(10)16)17(15(18)11-3-4-11)13-6-7-21(19,20)9-13/h2,5-8,11,13H,3-4,9H2,1H3/t13-/m0/s1. The fourth-order valence-corrected chi connectivity index (χ4v) is 3.90. The lowest BCUT2D eigenvalue weighted by atomic mass is 10.1. The summed E-state index contributed by atoms with van der Waals surface area (Å²) in [6, 6.07) is 4.95. The number of rotatable bonds is 3. The summed E-state index contributed by atoms with van der Waals surface area (Å²) in [5.41, 5.74) is 1.59. The molecule has 0 N–H and O–H groups in total. The lowest BCUT2D eigenvalue weighted by molar-refractivity contribution is -0.120. The molecule has 0 spiro atoms. The molecule has 0 bridgehead atoms. The van der Waals surface area contributed by atoms with Crippen LogP contribution in [0.1, 0.15) is 18.4 Å². The molecule has 6 heteroatoms. The van der Waals surface area contributed by atoms with E-state index < -0.39 is 15.9 Å². The summed E-state index contributed by atoms with van der Waals surface area (Å²) in [6.07, 6.45) is 3.33. The fourth-order valence-electron chi connectivity index (χ4n) is 2.46. The number of anilines is 1. The highest BCUT2D eigenvalue weighted by Gasteiger charge is 2.39. The fraction of sp³-hybridized carbons (Fsp3) is 0.400. The zero-order valence-corrected chi connectivity index (χ0v) is 13.2. The number of carbonyl (C=O) groups excluding carboxylic acids is 1. The first-order valence-electron chi connectivity index (χ1n) is 6.87. The van der Waals surface area contributed by atoms with E-state index in [1.54, 1.807) is 17.0 Å². The summed E-state index contributed by atoms with van der Waals surface area (Å²) in [6.45, 7) is 1.89. The molecule has 0 aromatic heterocycles. The molecule has 1 aromatic carbocycles. The molecule has 1 saturated carbocycles. The molecule has 1 aromatic rings. The van der Waals surface area contributed by atoms with Crippen molar-refractivity contribution in [3.8, 4) is 0 Å². The van der Waals surface area contributed by atoms with Crippen LogP contribution in [-0.4, -0.2) is 26.1 Å². The summed E-state index contributed by atoms with van der Waals surface area (Å²) in [5, 5.41) is 1.77. The van der Waals surface area contributed by atoms with Gasteiger partial charge in [0.05, 0.1) is 11.8 Å². The van der Waals surface area contributed by atoms with Crippen LogP contribution in [0, 0.1) is 12.8 Å². The van der Waals surface area contributed by atoms with Gasteiger partial charge in [-0.15, -0.1) is 0 Å². The Bertz CT molecular complexity index is 722. The van der Waals surface area contributed by atoms with Crippen molar-refractivity contribution >= 4 is 33.0 Å². The van der Waals surface area contributed by atoms with Gasteiger partial charge in [-0.05, 0) is 43.5 Å². The van der Waals surface area contributed by atoms with E-state index in [0.29, 0.717) is 10.7 Å². The molecule has 21 heavy (non-hydrogen) atoms. The van der Waals surface area contributed by atoms with Gasteiger partial charge < -0.3 is 4.90 Å². The Labute approximate surface area is 129 Å². The summed E-state index contributed by atoms with van der Waals surface area (Å²) in [4.78, 5) is 14.1. The van der Waals surface area contributed by atoms with E-state index >= 15 is 0 Å². The second-order valence-electron chi connectivity index (χ2n) is 5.64. The Morgan fingerprint density at radius 1 is 1.33 bits per heavy atom. The second-order valence-corrected chi connectivity index (χ2v) is 7.98. The lowest BCUT2D eigenvalue weighted by Crippen LogP contribution is -2.42. The van der Waals surface area contributed by atoms with Gasteiger partial charge in [0.15, 0.2) is 9.84 Å². The molecule has 4 nitrogen and oxygen atoms in total. The Morgan fingerprint density at radius 2 is 2.05 bits per heavy atom. The third kappa shape index (κ3) is 2.99. The molecule has 1 aliphatic heterocycles. The van der Waals surface area contributed by atoms with Crippen molar-refractivity contribution in [1.29, 1.82) is 0 Å². The highest BCUT2D eigenvalue weighted by molar-refractivity contribution is 7.94. The molecule has 1 amide bonds. The highest BCUT2D eigenvalue weighted by Crippen LogP contribution is 2.36. The van der Waals surface area contributed by atoms with Crippen molar-refractivity contribution in [1.82, 2.24) is 0 Å². The van der Waals surface area contributed by atoms with Crippen molar-refractivity contribution in [2.75, 3.05) is 10.7 Å². The van der Waals surface area contributed by atoms with E-state index in [-0.39, 0.29) is 17.6 Å². The van der Waals surface area contributed by atoms with E-state index in [2.05, 4.69) is 0 Å². The summed E-state index contributed by atoms with van der Waals surface area (Å²) in [7, 11) is -3.21. The van der Waals surface area contributed by atoms with Gasteiger partial charge in [-0.1, -0.05) is 17.7 Å². The molecule has 1 aliphatic carbocycles. The molecular formula is C15H16ClNO3S. The highest BCUT2D eigenvalue weighted by atomic mass is 35.5. The lowest BCUT2D eigenvalue weighted by Gasteiger charge is -2.28. The van der Waals surface area contributed by atoms with E-state index in [9.17, 15) is 13.2 Å². The van der Waals surface area contributed by atoms with E-state index in [1.165, 1.54) is 5.41 Å². The van der Waals surface area contributed by atoms with Gasteiger partial charge in [0.2, 0.25) is 5.91 Å². The van der Waals surface area contributed by atoms with Crippen molar-refractivity contribution in [3.63, 3.8) is 0 Å². The summed E-state index contributed by atoms with van der Waals surface area (Å²) >= 11 is 6.15. The normalized spacial score (nSPS) is 23.2. The molecule has 1 heterocycles. The van der Waals surface area contributed by atoms with Crippen molar-refractivity contribution in [3.05, 3.63) is 40.3 Å². The zero-order chi connectivity index (χ0) is 15.2. The predicted molar refractivity (Wildman–Crippen MR) is 83.1 cm³/mol. The monoisotopic (exact) mass is 325 g/mol. The quantitative estimate of drug-likeness (QED) is 0.858. The molecule has 0 unspecified atom stereocenters.